The van der Waals surface area contributed by atoms with Crippen LogP contribution in [0.2, 0.25) is 0 Å². The highest BCUT2D eigenvalue weighted by molar-refractivity contribution is 4.87. The lowest BCUT2D eigenvalue weighted by Crippen LogP contribution is -2.55. The molecule has 2 aliphatic rings. The fraction of sp³-hybridized carbons (Fsp3) is 1.00. The van der Waals surface area contributed by atoms with Gasteiger partial charge in [0, 0.05) is 32.2 Å². The molecule has 1 atom stereocenters. The number of piperazine rings is 1. The summed E-state index contributed by atoms with van der Waals surface area (Å²) in [6, 6.07) is 0.830. The van der Waals surface area contributed by atoms with E-state index in [2.05, 4.69) is 24.1 Å². The predicted octanol–water partition coefficient (Wildman–Crippen LogP) is 2.50. The minimum absolute atomic E-state index is 0.809. The van der Waals surface area contributed by atoms with E-state index in [4.69, 9.17) is 0 Å². The standard InChI is InChI=1S/C14H28N2/c1-12(2)11-16-9-8-15-10-14(16)13-6-4-3-5-7-13/h12-15H,3-11H2,1-2H3. The molecule has 94 valence electrons. The van der Waals surface area contributed by atoms with Crippen molar-refractivity contribution in [3.05, 3.63) is 0 Å². The summed E-state index contributed by atoms with van der Waals surface area (Å²) < 4.78 is 0. The van der Waals surface area contributed by atoms with Crippen molar-refractivity contribution >= 4 is 0 Å². The zero-order valence-electron chi connectivity index (χ0n) is 11.0. The summed E-state index contributed by atoms with van der Waals surface area (Å²) in [5.74, 6) is 1.78. The van der Waals surface area contributed by atoms with Gasteiger partial charge in [0.25, 0.3) is 0 Å². The largest absolute Gasteiger partial charge is 0.314 e. The van der Waals surface area contributed by atoms with Crippen molar-refractivity contribution in [2.24, 2.45) is 11.8 Å². The van der Waals surface area contributed by atoms with Crippen LogP contribution < -0.4 is 5.32 Å². The summed E-state index contributed by atoms with van der Waals surface area (Å²) in [4.78, 5) is 2.76. The molecular weight excluding hydrogens is 196 g/mol. The molecule has 16 heavy (non-hydrogen) atoms. The SMILES string of the molecule is CC(C)CN1CCNCC1C1CCCCC1. The minimum atomic E-state index is 0.809. The lowest BCUT2D eigenvalue weighted by molar-refractivity contribution is 0.0819. The Morgan fingerprint density at radius 3 is 2.62 bits per heavy atom. The first-order valence-corrected chi connectivity index (χ1v) is 7.22. The fourth-order valence-corrected chi connectivity index (χ4v) is 3.45. The molecule has 0 bridgehead atoms. The smallest absolute Gasteiger partial charge is 0.0249 e. The summed E-state index contributed by atoms with van der Waals surface area (Å²) in [5.41, 5.74) is 0. The first-order chi connectivity index (χ1) is 7.77. The first kappa shape index (κ1) is 12.4. The van der Waals surface area contributed by atoms with Gasteiger partial charge >= 0.3 is 0 Å². The monoisotopic (exact) mass is 224 g/mol. The van der Waals surface area contributed by atoms with Crippen LogP contribution in [0.4, 0.5) is 0 Å². The Morgan fingerprint density at radius 2 is 1.94 bits per heavy atom. The second-order valence-corrected chi connectivity index (χ2v) is 6.06. The van der Waals surface area contributed by atoms with Gasteiger partial charge in [-0.15, -0.1) is 0 Å². The van der Waals surface area contributed by atoms with Crippen molar-refractivity contribution < 1.29 is 0 Å². The third kappa shape index (κ3) is 3.21. The van der Waals surface area contributed by atoms with Crippen LogP contribution in [0.5, 0.6) is 0 Å². The van der Waals surface area contributed by atoms with Gasteiger partial charge < -0.3 is 5.32 Å². The van der Waals surface area contributed by atoms with E-state index < -0.39 is 0 Å². The number of hydrogen-bond donors (Lipinski definition) is 1. The van der Waals surface area contributed by atoms with E-state index in [0.717, 1.165) is 17.9 Å². The Bertz CT molecular complexity index is 197. The molecule has 2 heteroatoms. The van der Waals surface area contributed by atoms with Gasteiger partial charge in [0.2, 0.25) is 0 Å². The van der Waals surface area contributed by atoms with Crippen molar-refractivity contribution in [1.29, 1.82) is 0 Å². The third-order valence-electron chi connectivity index (χ3n) is 4.19. The maximum Gasteiger partial charge on any atom is 0.0249 e. The molecule has 1 heterocycles. The van der Waals surface area contributed by atoms with Crippen molar-refractivity contribution in [2.45, 2.75) is 52.0 Å². The van der Waals surface area contributed by atoms with Crippen LogP contribution >= 0.6 is 0 Å². The molecule has 1 saturated carbocycles. The zero-order valence-corrected chi connectivity index (χ0v) is 11.0. The van der Waals surface area contributed by atoms with Gasteiger partial charge in [0.1, 0.15) is 0 Å². The number of rotatable bonds is 3. The van der Waals surface area contributed by atoms with Gasteiger partial charge in [-0.3, -0.25) is 4.90 Å². The first-order valence-electron chi connectivity index (χ1n) is 7.22. The molecule has 1 saturated heterocycles. The number of nitrogens with zero attached hydrogens (tertiary/aromatic N) is 1. The number of nitrogens with one attached hydrogen (secondary N) is 1. The van der Waals surface area contributed by atoms with E-state index >= 15 is 0 Å². The average Bonchev–Trinajstić information content (AvgIpc) is 2.30. The molecule has 1 aliphatic heterocycles. The van der Waals surface area contributed by atoms with Crippen LogP contribution in [0.1, 0.15) is 46.0 Å². The van der Waals surface area contributed by atoms with E-state index in [9.17, 15) is 0 Å². The van der Waals surface area contributed by atoms with Gasteiger partial charge in [-0.25, -0.2) is 0 Å². The van der Waals surface area contributed by atoms with Crippen LogP contribution in [0.15, 0.2) is 0 Å². The van der Waals surface area contributed by atoms with Crippen molar-refractivity contribution in [3.8, 4) is 0 Å². The van der Waals surface area contributed by atoms with E-state index in [1.54, 1.807) is 0 Å². The molecule has 2 rings (SSSR count). The molecule has 1 aliphatic carbocycles. The lowest BCUT2D eigenvalue weighted by Gasteiger charge is -2.43. The summed E-state index contributed by atoms with van der Waals surface area (Å²) in [5, 5.41) is 3.59. The quantitative estimate of drug-likeness (QED) is 0.792. The molecule has 0 amide bonds. The Labute approximate surface area is 101 Å². The minimum Gasteiger partial charge on any atom is -0.314 e. The summed E-state index contributed by atoms with van der Waals surface area (Å²) >= 11 is 0. The number of hydrogen-bond acceptors (Lipinski definition) is 2. The zero-order chi connectivity index (χ0) is 11.4. The van der Waals surface area contributed by atoms with Crippen molar-refractivity contribution in [3.63, 3.8) is 0 Å². The van der Waals surface area contributed by atoms with Crippen molar-refractivity contribution in [1.82, 2.24) is 10.2 Å². The molecule has 0 radical (unpaired) electrons. The molecule has 0 spiro atoms. The Kier molecular flexibility index (Phi) is 4.66. The second kappa shape index (κ2) is 6.02. The molecule has 1 N–H and O–H groups in total. The van der Waals surface area contributed by atoms with Crippen LogP contribution in [0.3, 0.4) is 0 Å². The van der Waals surface area contributed by atoms with E-state index in [-0.39, 0.29) is 0 Å². The highest BCUT2D eigenvalue weighted by Gasteiger charge is 2.30. The highest BCUT2D eigenvalue weighted by Crippen LogP contribution is 2.29. The van der Waals surface area contributed by atoms with Gasteiger partial charge in [-0.05, 0) is 24.7 Å². The molecule has 0 aromatic rings. The van der Waals surface area contributed by atoms with E-state index in [0.29, 0.717) is 0 Å². The van der Waals surface area contributed by atoms with Gasteiger partial charge in [-0.1, -0.05) is 33.1 Å². The van der Waals surface area contributed by atoms with E-state index in [1.165, 1.54) is 58.3 Å². The topological polar surface area (TPSA) is 15.3 Å². The second-order valence-electron chi connectivity index (χ2n) is 6.06. The Balaban J connectivity index is 1.92. The fourth-order valence-electron chi connectivity index (χ4n) is 3.45. The van der Waals surface area contributed by atoms with Crippen LogP contribution in [-0.4, -0.2) is 37.1 Å². The van der Waals surface area contributed by atoms with Crippen LogP contribution in [0.25, 0.3) is 0 Å². The molecule has 0 aromatic heterocycles. The van der Waals surface area contributed by atoms with E-state index in [1.807, 2.05) is 0 Å². The molecule has 2 nitrogen and oxygen atoms in total. The summed E-state index contributed by atoms with van der Waals surface area (Å²) in [6.07, 6.45) is 7.36. The predicted molar refractivity (Wildman–Crippen MR) is 69.6 cm³/mol. The van der Waals surface area contributed by atoms with Crippen LogP contribution in [0, 0.1) is 11.8 Å². The normalized spacial score (nSPS) is 29.8. The lowest BCUT2D eigenvalue weighted by atomic mass is 9.82. The molecule has 1 unspecified atom stereocenters. The maximum atomic E-state index is 3.59. The van der Waals surface area contributed by atoms with Gasteiger partial charge in [0.05, 0.1) is 0 Å². The summed E-state index contributed by atoms with van der Waals surface area (Å²) in [7, 11) is 0. The highest BCUT2D eigenvalue weighted by atomic mass is 15.2. The van der Waals surface area contributed by atoms with Gasteiger partial charge in [-0.2, -0.15) is 0 Å². The van der Waals surface area contributed by atoms with Crippen LogP contribution in [-0.2, 0) is 0 Å². The molecular formula is C14H28N2. The Morgan fingerprint density at radius 1 is 1.19 bits per heavy atom. The molecule has 0 aromatic carbocycles. The summed E-state index contributed by atoms with van der Waals surface area (Å²) in [6.45, 7) is 9.68. The average molecular weight is 224 g/mol. The van der Waals surface area contributed by atoms with Crippen molar-refractivity contribution in [2.75, 3.05) is 26.2 Å². The Hall–Kier alpha value is -0.0800. The molecule has 2 fully saturated rings. The maximum absolute atomic E-state index is 3.59. The third-order valence-corrected chi connectivity index (χ3v) is 4.19. The van der Waals surface area contributed by atoms with Gasteiger partial charge in [0.15, 0.2) is 0 Å².